The van der Waals surface area contributed by atoms with E-state index in [4.69, 9.17) is 4.74 Å². The summed E-state index contributed by atoms with van der Waals surface area (Å²) in [7, 11) is 0. The highest BCUT2D eigenvalue weighted by molar-refractivity contribution is 14.1. The fourth-order valence-electron chi connectivity index (χ4n) is 1.65. The zero-order valence-corrected chi connectivity index (χ0v) is 11.7. The van der Waals surface area contributed by atoms with Gasteiger partial charge in [0.1, 0.15) is 5.92 Å². The fourth-order valence-corrected chi connectivity index (χ4v) is 2.21. The number of hydrogen-bond acceptors (Lipinski definition) is 3. The summed E-state index contributed by atoms with van der Waals surface area (Å²) < 4.78 is 5.85. The Labute approximate surface area is 119 Å². The van der Waals surface area contributed by atoms with Gasteiger partial charge in [-0.1, -0.05) is 24.3 Å². The summed E-state index contributed by atoms with van der Waals surface area (Å²) in [5, 5.41) is 0. The first-order valence-corrected chi connectivity index (χ1v) is 6.58. The highest BCUT2D eigenvalue weighted by atomic mass is 127. The topological polar surface area (TPSA) is 43.4 Å². The monoisotopic (exact) mass is 354 g/mol. The van der Waals surface area contributed by atoms with Crippen LogP contribution in [0.3, 0.4) is 0 Å². The molecular weight excluding hydrogens is 343 g/mol. The van der Waals surface area contributed by atoms with Crippen LogP contribution in [0.5, 0.6) is 0 Å². The summed E-state index contributed by atoms with van der Waals surface area (Å²) in [5.41, 5.74) is 1.05. The third kappa shape index (κ3) is 3.29. The number of allylic oxidation sites excluding steroid dienone is 2. The van der Waals surface area contributed by atoms with E-state index in [1.165, 1.54) is 6.08 Å². The van der Waals surface area contributed by atoms with E-state index >= 15 is 0 Å². The standard InChI is InChI=1S/C14H11IO3/c15-11-5-1-3-10(9-11)4-2-6-12-13(16)7-8-18-14(12)17/h1-5,7-9,12H,6H2/b4-2+. The summed E-state index contributed by atoms with van der Waals surface area (Å²) in [6.07, 6.45) is 6.54. The molecule has 0 saturated heterocycles. The Hall–Kier alpha value is -1.43. The van der Waals surface area contributed by atoms with Gasteiger partial charge in [-0.15, -0.1) is 0 Å². The molecule has 1 aliphatic rings. The number of hydrogen-bond donors (Lipinski definition) is 0. The number of esters is 1. The number of rotatable bonds is 3. The smallest absolute Gasteiger partial charge is 0.321 e. The van der Waals surface area contributed by atoms with Gasteiger partial charge in [-0.05, 0) is 46.7 Å². The molecule has 1 heterocycles. The van der Waals surface area contributed by atoms with Gasteiger partial charge < -0.3 is 4.74 Å². The normalized spacial score (nSPS) is 19.3. The molecule has 1 aromatic carbocycles. The van der Waals surface area contributed by atoms with E-state index in [-0.39, 0.29) is 5.78 Å². The van der Waals surface area contributed by atoms with Crippen molar-refractivity contribution < 1.29 is 14.3 Å². The number of benzene rings is 1. The number of halogens is 1. The van der Waals surface area contributed by atoms with Crippen molar-refractivity contribution in [1.82, 2.24) is 0 Å². The fraction of sp³-hybridized carbons (Fsp3) is 0.143. The van der Waals surface area contributed by atoms with Gasteiger partial charge in [-0.2, -0.15) is 0 Å². The van der Waals surface area contributed by atoms with E-state index in [0.29, 0.717) is 6.42 Å². The minimum Gasteiger partial charge on any atom is -0.434 e. The van der Waals surface area contributed by atoms with Crippen molar-refractivity contribution in [2.24, 2.45) is 5.92 Å². The van der Waals surface area contributed by atoms with Crippen LogP contribution in [0.4, 0.5) is 0 Å². The Balaban J connectivity index is 2.01. The average molecular weight is 354 g/mol. The van der Waals surface area contributed by atoms with E-state index in [0.717, 1.165) is 15.4 Å². The third-order valence-corrected chi connectivity index (χ3v) is 3.25. The highest BCUT2D eigenvalue weighted by Crippen LogP contribution is 2.15. The first-order valence-electron chi connectivity index (χ1n) is 5.50. The molecule has 0 aromatic heterocycles. The minimum atomic E-state index is -0.700. The van der Waals surface area contributed by atoms with Gasteiger partial charge in [0.2, 0.25) is 0 Å². The molecule has 0 saturated carbocycles. The molecule has 92 valence electrons. The summed E-state index contributed by atoms with van der Waals surface area (Å²) in [4.78, 5) is 22.9. The van der Waals surface area contributed by atoms with Gasteiger partial charge in [0.05, 0.1) is 6.26 Å². The summed E-state index contributed by atoms with van der Waals surface area (Å²) in [5.74, 6) is -1.37. The van der Waals surface area contributed by atoms with Gasteiger partial charge in [0, 0.05) is 9.65 Å². The maximum Gasteiger partial charge on any atom is 0.321 e. The molecule has 3 nitrogen and oxygen atoms in total. The maximum absolute atomic E-state index is 11.5. The molecule has 0 amide bonds. The van der Waals surface area contributed by atoms with Crippen LogP contribution in [-0.2, 0) is 14.3 Å². The van der Waals surface area contributed by atoms with Crippen LogP contribution < -0.4 is 0 Å². The predicted molar refractivity (Wildman–Crippen MR) is 76.5 cm³/mol. The number of cyclic esters (lactones) is 1. The van der Waals surface area contributed by atoms with E-state index in [9.17, 15) is 9.59 Å². The molecule has 18 heavy (non-hydrogen) atoms. The first-order chi connectivity index (χ1) is 8.66. The molecule has 1 unspecified atom stereocenters. The Morgan fingerprint density at radius 2 is 2.17 bits per heavy atom. The second-order valence-corrected chi connectivity index (χ2v) is 5.13. The van der Waals surface area contributed by atoms with Crippen LogP contribution in [0.2, 0.25) is 0 Å². The van der Waals surface area contributed by atoms with Crippen molar-refractivity contribution in [3.05, 3.63) is 51.8 Å². The summed E-state index contributed by atoms with van der Waals surface area (Å²) in [6.45, 7) is 0. The Morgan fingerprint density at radius 1 is 1.33 bits per heavy atom. The molecule has 0 bridgehead atoms. The van der Waals surface area contributed by atoms with Gasteiger partial charge in [-0.25, -0.2) is 0 Å². The zero-order chi connectivity index (χ0) is 13.0. The molecule has 0 spiro atoms. The summed E-state index contributed by atoms with van der Waals surface area (Å²) in [6, 6.07) is 7.96. The number of carbonyl (C=O) groups is 2. The Bertz CT molecular complexity index is 532. The van der Waals surface area contributed by atoms with Crippen molar-refractivity contribution in [3.63, 3.8) is 0 Å². The van der Waals surface area contributed by atoms with Gasteiger partial charge in [0.15, 0.2) is 5.78 Å². The lowest BCUT2D eigenvalue weighted by molar-refractivity contribution is -0.147. The molecule has 1 aromatic rings. The molecular formula is C14H11IO3. The van der Waals surface area contributed by atoms with Crippen LogP contribution in [0.25, 0.3) is 6.08 Å². The SMILES string of the molecule is O=C1C=COC(=O)C1C/C=C/c1cccc(I)c1. The zero-order valence-electron chi connectivity index (χ0n) is 9.51. The van der Waals surface area contributed by atoms with Crippen LogP contribution in [0.1, 0.15) is 12.0 Å². The lowest BCUT2D eigenvalue weighted by Crippen LogP contribution is -2.26. The third-order valence-electron chi connectivity index (χ3n) is 2.58. The Kier molecular flexibility index (Phi) is 4.30. The number of ketones is 1. The summed E-state index contributed by atoms with van der Waals surface area (Å²) >= 11 is 2.24. The van der Waals surface area contributed by atoms with Gasteiger partial charge in [0.25, 0.3) is 0 Å². The van der Waals surface area contributed by atoms with E-state index in [2.05, 4.69) is 22.6 Å². The second-order valence-electron chi connectivity index (χ2n) is 3.89. The Morgan fingerprint density at radius 3 is 2.89 bits per heavy atom. The van der Waals surface area contributed by atoms with Gasteiger partial charge >= 0.3 is 5.97 Å². The van der Waals surface area contributed by atoms with Crippen LogP contribution in [0, 0.1) is 9.49 Å². The van der Waals surface area contributed by atoms with Crippen molar-refractivity contribution in [1.29, 1.82) is 0 Å². The first kappa shape index (κ1) is 13.0. The molecule has 2 rings (SSSR count). The van der Waals surface area contributed by atoms with Gasteiger partial charge in [-0.3, -0.25) is 9.59 Å². The van der Waals surface area contributed by atoms with E-state index in [1.807, 2.05) is 36.4 Å². The maximum atomic E-state index is 11.5. The quantitative estimate of drug-likeness (QED) is 0.476. The lowest BCUT2D eigenvalue weighted by atomic mass is 9.98. The minimum absolute atomic E-state index is 0.196. The second kappa shape index (κ2) is 5.95. The molecule has 0 fully saturated rings. The highest BCUT2D eigenvalue weighted by Gasteiger charge is 2.27. The van der Waals surface area contributed by atoms with Crippen molar-refractivity contribution in [3.8, 4) is 0 Å². The molecule has 4 heteroatoms. The molecule has 1 atom stereocenters. The average Bonchev–Trinajstić information content (AvgIpc) is 2.33. The predicted octanol–water partition coefficient (Wildman–Crippen LogP) is 2.95. The van der Waals surface area contributed by atoms with Crippen LogP contribution >= 0.6 is 22.6 Å². The van der Waals surface area contributed by atoms with E-state index in [1.54, 1.807) is 0 Å². The number of carbonyl (C=O) groups excluding carboxylic acids is 2. The van der Waals surface area contributed by atoms with Crippen LogP contribution in [0.15, 0.2) is 42.7 Å². The molecule has 0 aliphatic carbocycles. The van der Waals surface area contributed by atoms with Crippen molar-refractivity contribution in [2.45, 2.75) is 6.42 Å². The molecule has 0 N–H and O–H groups in total. The number of ether oxygens (including phenoxy) is 1. The van der Waals surface area contributed by atoms with Crippen molar-refractivity contribution in [2.75, 3.05) is 0 Å². The van der Waals surface area contributed by atoms with Crippen LogP contribution in [-0.4, -0.2) is 11.8 Å². The van der Waals surface area contributed by atoms with Crippen molar-refractivity contribution >= 4 is 40.4 Å². The molecule has 0 radical (unpaired) electrons. The lowest BCUT2D eigenvalue weighted by Gasteiger charge is -2.12. The molecule has 1 aliphatic heterocycles. The largest absolute Gasteiger partial charge is 0.434 e. The van der Waals surface area contributed by atoms with E-state index < -0.39 is 11.9 Å².